The molecule has 0 bridgehead atoms. The molecule has 0 aliphatic carbocycles. The molecular formula is C22H27ClN2O3. The van der Waals surface area contributed by atoms with Gasteiger partial charge in [-0.25, -0.2) is 0 Å². The number of anilines is 2. The number of ether oxygens (including phenoxy) is 1. The third-order valence-electron chi connectivity index (χ3n) is 4.04. The highest BCUT2D eigenvalue weighted by molar-refractivity contribution is 6.34. The molecule has 0 fully saturated rings. The molecule has 0 atom stereocenters. The van der Waals surface area contributed by atoms with Crippen LogP contribution in [0.1, 0.15) is 50.4 Å². The lowest BCUT2D eigenvalue weighted by atomic mass is 10.1. The SMILES string of the molecule is CCCC(=O)Nc1ccc(Cl)c(NC(=O)c2cccc(OCCC(C)C)c2)c1. The van der Waals surface area contributed by atoms with Crippen molar-refractivity contribution in [1.29, 1.82) is 0 Å². The van der Waals surface area contributed by atoms with Crippen molar-refractivity contribution in [1.82, 2.24) is 0 Å². The normalized spacial score (nSPS) is 10.6. The third kappa shape index (κ3) is 6.89. The van der Waals surface area contributed by atoms with E-state index in [4.69, 9.17) is 16.3 Å². The van der Waals surface area contributed by atoms with Crippen molar-refractivity contribution in [2.24, 2.45) is 5.92 Å². The Morgan fingerprint density at radius 2 is 1.89 bits per heavy atom. The largest absolute Gasteiger partial charge is 0.494 e. The predicted molar refractivity (Wildman–Crippen MR) is 114 cm³/mol. The van der Waals surface area contributed by atoms with E-state index in [9.17, 15) is 9.59 Å². The van der Waals surface area contributed by atoms with E-state index in [0.717, 1.165) is 12.8 Å². The Morgan fingerprint density at radius 3 is 2.61 bits per heavy atom. The van der Waals surface area contributed by atoms with Gasteiger partial charge in [-0.15, -0.1) is 0 Å². The van der Waals surface area contributed by atoms with Gasteiger partial charge in [0.2, 0.25) is 5.91 Å². The zero-order chi connectivity index (χ0) is 20.5. The van der Waals surface area contributed by atoms with Crippen molar-refractivity contribution in [3.05, 3.63) is 53.1 Å². The average Bonchev–Trinajstić information content (AvgIpc) is 2.64. The summed E-state index contributed by atoms with van der Waals surface area (Å²) in [7, 11) is 0. The number of hydrogen-bond acceptors (Lipinski definition) is 3. The zero-order valence-corrected chi connectivity index (χ0v) is 17.3. The number of amides is 2. The van der Waals surface area contributed by atoms with Gasteiger partial charge in [-0.2, -0.15) is 0 Å². The molecule has 2 N–H and O–H groups in total. The molecule has 0 aliphatic heterocycles. The molecule has 0 saturated carbocycles. The standard InChI is InChI=1S/C22H27ClN2O3/c1-4-6-21(26)24-17-9-10-19(23)20(14-17)25-22(27)16-7-5-8-18(13-16)28-12-11-15(2)3/h5,7-10,13-15H,4,6,11-12H2,1-3H3,(H,24,26)(H,25,27). The second kappa shape index (κ2) is 10.7. The predicted octanol–water partition coefficient (Wildman–Crippen LogP) is 5.76. The van der Waals surface area contributed by atoms with Crippen LogP contribution in [0.3, 0.4) is 0 Å². The van der Waals surface area contributed by atoms with E-state index in [1.807, 2.05) is 13.0 Å². The first-order valence-corrected chi connectivity index (χ1v) is 9.90. The fourth-order valence-electron chi connectivity index (χ4n) is 2.48. The van der Waals surface area contributed by atoms with Gasteiger partial charge in [0.1, 0.15) is 5.75 Å². The Bertz CT molecular complexity index is 821. The fourth-order valence-corrected chi connectivity index (χ4v) is 2.65. The van der Waals surface area contributed by atoms with Crippen LogP contribution in [0.25, 0.3) is 0 Å². The molecule has 0 spiro atoms. The van der Waals surface area contributed by atoms with Crippen LogP contribution in [0, 0.1) is 5.92 Å². The van der Waals surface area contributed by atoms with Crippen molar-refractivity contribution < 1.29 is 14.3 Å². The van der Waals surface area contributed by atoms with Crippen LogP contribution in [0.2, 0.25) is 5.02 Å². The molecule has 0 aromatic heterocycles. The lowest BCUT2D eigenvalue weighted by Gasteiger charge is -2.12. The zero-order valence-electron chi connectivity index (χ0n) is 16.5. The van der Waals surface area contributed by atoms with E-state index < -0.39 is 0 Å². The highest BCUT2D eigenvalue weighted by Gasteiger charge is 2.11. The van der Waals surface area contributed by atoms with Gasteiger partial charge in [0.15, 0.2) is 0 Å². The summed E-state index contributed by atoms with van der Waals surface area (Å²) in [5.74, 6) is 0.834. The smallest absolute Gasteiger partial charge is 0.255 e. The first-order chi connectivity index (χ1) is 13.4. The molecule has 150 valence electrons. The van der Waals surface area contributed by atoms with Gasteiger partial charge in [0.25, 0.3) is 5.91 Å². The van der Waals surface area contributed by atoms with Crippen LogP contribution in [-0.2, 0) is 4.79 Å². The summed E-state index contributed by atoms with van der Waals surface area (Å²) >= 11 is 6.20. The molecule has 2 aromatic carbocycles. The molecule has 5 nitrogen and oxygen atoms in total. The molecule has 2 aromatic rings. The van der Waals surface area contributed by atoms with Gasteiger partial charge in [0.05, 0.1) is 17.3 Å². The topological polar surface area (TPSA) is 67.4 Å². The minimum atomic E-state index is -0.298. The highest BCUT2D eigenvalue weighted by Crippen LogP contribution is 2.26. The van der Waals surface area contributed by atoms with Gasteiger partial charge in [0, 0.05) is 17.7 Å². The van der Waals surface area contributed by atoms with Gasteiger partial charge >= 0.3 is 0 Å². The first kappa shape index (κ1) is 21.8. The molecule has 0 heterocycles. The van der Waals surface area contributed by atoms with E-state index in [1.54, 1.807) is 36.4 Å². The van der Waals surface area contributed by atoms with Crippen LogP contribution in [-0.4, -0.2) is 18.4 Å². The van der Waals surface area contributed by atoms with Crippen LogP contribution in [0.5, 0.6) is 5.75 Å². The van der Waals surface area contributed by atoms with Crippen LogP contribution >= 0.6 is 11.6 Å². The van der Waals surface area contributed by atoms with E-state index in [-0.39, 0.29) is 11.8 Å². The number of rotatable bonds is 9. The van der Waals surface area contributed by atoms with E-state index >= 15 is 0 Å². The molecular weight excluding hydrogens is 376 g/mol. The van der Waals surface area contributed by atoms with E-state index in [2.05, 4.69) is 24.5 Å². The van der Waals surface area contributed by atoms with Gasteiger partial charge in [-0.1, -0.05) is 38.4 Å². The Kier molecular flexibility index (Phi) is 8.33. The lowest BCUT2D eigenvalue weighted by Crippen LogP contribution is -2.14. The maximum Gasteiger partial charge on any atom is 0.255 e. The minimum absolute atomic E-state index is 0.0756. The fraction of sp³-hybridized carbons (Fsp3) is 0.364. The van der Waals surface area contributed by atoms with Crippen molar-refractivity contribution in [2.45, 2.75) is 40.0 Å². The second-order valence-corrected chi connectivity index (χ2v) is 7.41. The number of carbonyl (C=O) groups excluding carboxylic acids is 2. The molecule has 0 aliphatic rings. The van der Waals surface area contributed by atoms with Gasteiger partial charge < -0.3 is 15.4 Å². The second-order valence-electron chi connectivity index (χ2n) is 7.01. The molecule has 2 rings (SSSR count). The van der Waals surface area contributed by atoms with Crippen molar-refractivity contribution in [3.8, 4) is 5.75 Å². The van der Waals surface area contributed by atoms with Gasteiger partial charge in [-0.3, -0.25) is 9.59 Å². The molecule has 28 heavy (non-hydrogen) atoms. The summed E-state index contributed by atoms with van der Waals surface area (Å²) in [5, 5.41) is 5.99. The van der Waals surface area contributed by atoms with Crippen LogP contribution in [0.4, 0.5) is 11.4 Å². The number of hydrogen-bond donors (Lipinski definition) is 2. The van der Waals surface area contributed by atoms with Crippen molar-refractivity contribution in [3.63, 3.8) is 0 Å². The van der Waals surface area contributed by atoms with E-state index in [0.29, 0.717) is 46.7 Å². The van der Waals surface area contributed by atoms with Crippen LogP contribution < -0.4 is 15.4 Å². The Balaban J connectivity index is 2.06. The summed E-state index contributed by atoms with van der Waals surface area (Å²) in [6.45, 7) is 6.81. The van der Waals surface area contributed by atoms with Crippen molar-refractivity contribution in [2.75, 3.05) is 17.2 Å². The number of halogens is 1. The monoisotopic (exact) mass is 402 g/mol. The molecule has 0 saturated heterocycles. The quantitative estimate of drug-likeness (QED) is 0.560. The number of carbonyl (C=O) groups is 2. The molecule has 2 amide bonds. The first-order valence-electron chi connectivity index (χ1n) is 9.52. The Hall–Kier alpha value is -2.53. The summed E-state index contributed by atoms with van der Waals surface area (Å²) in [6.07, 6.45) is 2.15. The third-order valence-corrected chi connectivity index (χ3v) is 4.37. The maximum atomic E-state index is 12.6. The van der Waals surface area contributed by atoms with Crippen molar-refractivity contribution >= 4 is 34.8 Å². The average molecular weight is 403 g/mol. The lowest BCUT2D eigenvalue weighted by molar-refractivity contribution is -0.116. The highest BCUT2D eigenvalue weighted by atomic mass is 35.5. The number of benzene rings is 2. The Labute approximate surface area is 171 Å². The molecule has 0 unspecified atom stereocenters. The van der Waals surface area contributed by atoms with Gasteiger partial charge in [-0.05, 0) is 55.2 Å². The summed E-state index contributed by atoms with van der Waals surface area (Å²) in [6, 6.07) is 12.0. The summed E-state index contributed by atoms with van der Waals surface area (Å²) in [5.41, 5.74) is 1.49. The molecule has 0 radical (unpaired) electrons. The number of nitrogens with one attached hydrogen (secondary N) is 2. The minimum Gasteiger partial charge on any atom is -0.494 e. The maximum absolute atomic E-state index is 12.6. The summed E-state index contributed by atoms with van der Waals surface area (Å²) < 4.78 is 5.71. The van der Waals surface area contributed by atoms with E-state index in [1.165, 1.54) is 0 Å². The Morgan fingerprint density at radius 1 is 1.11 bits per heavy atom. The summed E-state index contributed by atoms with van der Waals surface area (Å²) in [4.78, 5) is 24.4. The molecule has 6 heteroatoms. The van der Waals surface area contributed by atoms with Crippen LogP contribution in [0.15, 0.2) is 42.5 Å².